The molecule has 5 rings (SSSR count). The molecule has 3 aromatic heterocycles. The highest BCUT2D eigenvalue weighted by atomic mass is 32.2. The molecule has 0 aliphatic carbocycles. The first-order valence-corrected chi connectivity index (χ1v) is 11.0. The van der Waals surface area contributed by atoms with Gasteiger partial charge in [-0.3, -0.25) is 13.8 Å². The maximum atomic E-state index is 13.5. The van der Waals surface area contributed by atoms with Crippen molar-refractivity contribution < 1.29 is 8.78 Å². The molecule has 0 fully saturated rings. The van der Waals surface area contributed by atoms with Gasteiger partial charge in [0.05, 0.1) is 5.69 Å². The third kappa shape index (κ3) is 3.87. The normalized spacial score (nSPS) is 11.3. The third-order valence-corrected chi connectivity index (χ3v) is 6.25. The first kappa shape index (κ1) is 19.6. The Balaban J connectivity index is 1.53. The number of thioether (sulfide) groups is 1. The maximum Gasteiger partial charge on any atom is 0.258 e. The van der Waals surface area contributed by atoms with Crippen molar-refractivity contribution in [2.24, 2.45) is 0 Å². The number of hydrogen-bond donors (Lipinski definition) is 0. The number of fused-ring (bicyclic) bond motifs is 1. The standard InChI is InChI=1S/C21H13F2N5OS2/c22-14-3-1-13(2-4-14)19-25-26-21(28(19)17-7-5-15(23)6-8-17)31-12-16-11-18(29)27-9-10-30-20(27)24-16/h1-11H,12H2. The van der Waals surface area contributed by atoms with E-state index in [2.05, 4.69) is 15.2 Å². The van der Waals surface area contributed by atoms with Crippen LogP contribution in [0.4, 0.5) is 8.78 Å². The molecule has 0 bridgehead atoms. The largest absolute Gasteiger partial charge is 0.270 e. The van der Waals surface area contributed by atoms with Gasteiger partial charge in [0.1, 0.15) is 11.6 Å². The second kappa shape index (κ2) is 8.05. The van der Waals surface area contributed by atoms with Crippen molar-refractivity contribution >= 4 is 28.1 Å². The van der Waals surface area contributed by atoms with Crippen LogP contribution in [0.3, 0.4) is 0 Å². The lowest BCUT2D eigenvalue weighted by molar-refractivity contribution is 0.626. The van der Waals surface area contributed by atoms with Crippen LogP contribution < -0.4 is 5.56 Å². The molecule has 0 saturated carbocycles. The van der Waals surface area contributed by atoms with Gasteiger partial charge in [0.2, 0.25) is 0 Å². The Kier molecular flexibility index (Phi) is 5.08. The fourth-order valence-corrected chi connectivity index (χ4v) is 4.66. The first-order chi connectivity index (χ1) is 15.1. The van der Waals surface area contributed by atoms with Gasteiger partial charge in [-0.15, -0.1) is 21.5 Å². The van der Waals surface area contributed by atoms with E-state index in [1.54, 1.807) is 40.4 Å². The average molecular weight is 453 g/mol. The fourth-order valence-electron chi connectivity index (χ4n) is 3.07. The molecule has 0 aliphatic rings. The quantitative estimate of drug-likeness (QED) is 0.365. The lowest BCUT2D eigenvalue weighted by Gasteiger charge is -2.10. The summed E-state index contributed by atoms with van der Waals surface area (Å²) in [6.07, 6.45) is 1.69. The molecule has 0 amide bonds. The molecule has 0 saturated heterocycles. The lowest BCUT2D eigenvalue weighted by atomic mass is 10.2. The number of halogens is 2. The minimum absolute atomic E-state index is 0.145. The highest BCUT2D eigenvalue weighted by Gasteiger charge is 2.17. The summed E-state index contributed by atoms with van der Waals surface area (Å²) in [6, 6.07) is 13.4. The molecule has 3 heterocycles. The summed E-state index contributed by atoms with van der Waals surface area (Å²) in [4.78, 5) is 17.4. The van der Waals surface area contributed by atoms with Gasteiger partial charge >= 0.3 is 0 Å². The van der Waals surface area contributed by atoms with Crippen molar-refractivity contribution in [2.45, 2.75) is 10.9 Å². The summed E-state index contributed by atoms with van der Waals surface area (Å²) in [5, 5.41) is 10.9. The fraction of sp³-hybridized carbons (Fsp3) is 0.0476. The van der Waals surface area contributed by atoms with E-state index in [4.69, 9.17) is 0 Å². The summed E-state index contributed by atoms with van der Waals surface area (Å²) < 4.78 is 30.1. The lowest BCUT2D eigenvalue weighted by Crippen LogP contribution is -2.12. The Hall–Kier alpha value is -3.37. The van der Waals surface area contributed by atoms with Gasteiger partial charge in [-0.25, -0.2) is 13.8 Å². The van der Waals surface area contributed by atoms with Crippen LogP contribution in [-0.2, 0) is 5.75 Å². The molecule has 0 atom stereocenters. The monoisotopic (exact) mass is 453 g/mol. The van der Waals surface area contributed by atoms with E-state index in [0.717, 1.165) is 0 Å². The molecule has 5 aromatic rings. The van der Waals surface area contributed by atoms with Crippen LogP contribution in [0.1, 0.15) is 5.69 Å². The van der Waals surface area contributed by atoms with Crippen LogP contribution in [-0.4, -0.2) is 24.1 Å². The van der Waals surface area contributed by atoms with Gasteiger partial charge in [-0.1, -0.05) is 11.8 Å². The predicted molar refractivity (Wildman–Crippen MR) is 116 cm³/mol. The zero-order valence-electron chi connectivity index (χ0n) is 15.8. The molecule has 154 valence electrons. The number of nitrogens with zero attached hydrogens (tertiary/aromatic N) is 5. The molecule has 0 spiro atoms. The van der Waals surface area contributed by atoms with Gasteiger partial charge in [0, 0.05) is 34.6 Å². The average Bonchev–Trinajstić information content (AvgIpc) is 3.41. The molecule has 0 unspecified atom stereocenters. The highest BCUT2D eigenvalue weighted by molar-refractivity contribution is 7.98. The van der Waals surface area contributed by atoms with Crippen molar-refractivity contribution in [3.05, 3.63) is 93.9 Å². The summed E-state index contributed by atoms with van der Waals surface area (Å²) in [5.41, 5.74) is 1.81. The SMILES string of the molecule is O=c1cc(CSc2nnc(-c3ccc(F)cc3)n2-c2ccc(F)cc2)nc2sccn12. The highest BCUT2D eigenvalue weighted by Crippen LogP contribution is 2.29. The van der Waals surface area contributed by atoms with E-state index in [0.29, 0.717) is 38.6 Å². The number of aromatic nitrogens is 5. The minimum Gasteiger partial charge on any atom is -0.270 e. The van der Waals surface area contributed by atoms with Gasteiger partial charge in [0.25, 0.3) is 5.56 Å². The van der Waals surface area contributed by atoms with Gasteiger partial charge in [-0.2, -0.15) is 0 Å². The van der Waals surface area contributed by atoms with Crippen LogP contribution in [0.25, 0.3) is 22.0 Å². The van der Waals surface area contributed by atoms with E-state index < -0.39 is 0 Å². The maximum absolute atomic E-state index is 13.5. The Morgan fingerprint density at radius 3 is 2.42 bits per heavy atom. The van der Waals surface area contributed by atoms with Crippen molar-refractivity contribution in [1.82, 2.24) is 24.1 Å². The number of hydrogen-bond acceptors (Lipinski definition) is 6. The summed E-state index contributed by atoms with van der Waals surface area (Å²) in [6.45, 7) is 0. The zero-order chi connectivity index (χ0) is 21.4. The Bertz CT molecular complexity index is 1430. The van der Waals surface area contributed by atoms with Crippen molar-refractivity contribution in [1.29, 1.82) is 0 Å². The summed E-state index contributed by atoms with van der Waals surface area (Å²) >= 11 is 2.74. The molecular weight excluding hydrogens is 440 g/mol. The van der Waals surface area contributed by atoms with E-state index >= 15 is 0 Å². The van der Waals surface area contributed by atoms with Crippen molar-refractivity contribution in [3.63, 3.8) is 0 Å². The molecule has 10 heteroatoms. The third-order valence-electron chi connectivity index (χ3n) is 4.53. The Morgan fingerprint density at radius 1 is 0.968 bits per heavy atom. The van der Waals surface area contributed by atoms with Crippen LogP contribution in [0, 0.1) is 11.6 Å². The van der Waals surface area contributed by atoms with Gasteiger partial charge in [-0.05, 0) is 48.5 Å². The molecule has 2 aromatic carbocycles. The minimum atomic E-state index is -0.358. The second-order valence-electron chi connectivity index (χ2n) is 6.55. The topological polar surface area (TPSA) is 65.1 Å². The van der Waals surface area contributed by atoms with E-state index in [1.165, 1.54) is 57.8 Å². The van der Waals surface area contributed by atoms with E-state index in [1.807, 2.05) is 0 Å². The molecule has 31 heavy (non-hydrogen) atoms. The summed E-state index contributed by atoms with van der Waals surface area (Å²) in [7, 11) is 0. The second-order valence-corrected chi connectivity index (χ2v) is 8.37. The van der Waals surface area contributed by atoms with Crippen molar-refractivity contribution in [3.8, 4) is 17.1 Å². The van der Waals surface area contributed by atoms with Crippen LogP contribution in [0.2, 0.25) is 0 Å². The molecule has 6 nitrogen and oxygen atoms in total. The summed E-state index contributed by atoms with van der Waals surface area (Å²) in [5.74, 6) is 0.179. The van der Waals surface area contributed by atoms with E-state index in [-0.39, 0.29) is 17.2 Å². The number of benzene rings is 2. The Labute approximate surface area is 182 Å². The van der Waals surface area contributed by atoms with Crippen LogP contribution in [0.15, 0.2) is 76.1 Å². The van der Waals surface area contributed by atoms with Gasteiger partial charge < -0.3 is 0 Å². The predicted octanol–water partition coefficient (Wildman–Crippen LogP) is 4.57. The molecular formula is C21H13F2N5OS2. The number of thiazole rings is 1. The molecule has 0 N–H and O–H groups in total. The molecule has 0 aliphatic heterocycles. The molecule has 0 radical (unpaired) electrons. The Morgan fingerprint density at radius 2 is 1.68 bits per heavy atom. The van der Waals surface area contributed by atoms with E-state index in [9.17, 15) is 13.6 Å². The van der Waals surface area contributed by atoms with Crippen LogP contribution in [0.5, 0.6) is 0 Å². The zero-order valence-corrected chi connectivity index (χ0v) is 17.4. The smallest absolute Gasteiger partial charge is 0.258 e. The first-order valence-electron chi connectivity index (χ1n) is 9.14. The van der Waals surface area contributed by atoms with Gasteiger partial charge in [0.15, 0.2) is 15.9 Å². The van der Waals surface area contributed by atoms with Crippen molar-refractivity contribution in [2.75, 3.05) is 0 Å². The van der Waals surface area contributed by atoms with Crippen LogP contribution >= 0.6 is 23.1 Å². The number of rotatable bonds is 5.